The number of aliphatic hydroxyl groups is 1. The number of carbonyl (C=O) groups excluding carboxylic acids is 1. The third-order valence-corrected chi connectivity index (χ3v) is 3.62. The van der Waals surface area contributed by atoms with Crippen LogP contribution in [0.2, 0.25) is 0 Å². The molecule has 0 aromatic rings. The number of hydrogen-bond acceptors (Lipinski definition) is 8. The van der Waals surface area contributed by atoms with Crippen molar-refractivity contribution in [3.8, 4) is 0 Å². The predicted molar refractivity (Wildman–Crippen MR) is 49.4 cm³/mol. The van der Waals surface area contributed by atoms with Crippen molar-refractivity contribution in [2.75, 3.05) is 0 Å². The quantitative estimate of drug-likeness (QED) is 0.208. The van der Waals surface area contributed by atoms with Crippen molar-refractivity contribution in [3.63, 3.8) is 0 Å². The molecule has 0 rings (SSSR count). The molecule has 0 heterocycles. The number of rotatable bonds is 8. The van der Waals surface area contributed by atoms with E-state index in [1.165, 1.54) is 0 Å². The summed E-state index contributed by atoms with van der Waals surface area (Å²) in [4.78, 5) is 41.7. The summed E-state index contributed by atoms with van der Waals surface area (Å²) < 4.78 is 8.05. The van der Waals surface area contributed by atoms with E-state index in [4.69, 9.17) is 10.2 Å². The standard InChI is InChI=1S/C6H8O7.NO3.Pb/c7-3(8)1-6(13,5(11)12)2-4(9)10;2-1(3)4;/h13H,1-2H2,(H,7,8)(H,9,10)(H,11,12);;/q;-1;+2/p-1. The number of hydrogen-bond donors (Lipinski definition) is 3. The van der Waals surface area contributed by atoms with E-state index in [2.05, 4.69) is 5.47 Å². The van der Waals surface area contributed by atoms with Gasteiger partial charge >= 0.3 is 112 Å². The monoisotopic (exact) mass is 461 g/mol. The van der Waals surface area contributed by atoms with E-state index in [1.54, 1.807) is 0 Å². The normalized spacial score (nSPS) is 13.2. The zero-order chi connectivity index (χ0) is 14.3. The molecule has 0 fully saturated rings. The summed E-state index contributed by atoms with van der Waals surface area (Å²) in [5.74, 6) is -4.81. The van der Waals surface area contributed by atoms with Gasteiger partial charge in [-0.15, -0.1) is 0 Å². The van der Waals surface area contributed by atoms with Crippen molar-refractivity contribution in [2.24, 2.45) is 0 Å². The molecule has 1 atom stereocenters. The van der Waals surface area contributed by atoms with Crippen molar-refractivity contribution in [1.82, 2.24) is 0 Å². The molecule has 0 bridgehead atoms. The van der Waals surface area contributed by atoms with Crippen molar-refractivity contribution in [3.05, 3.63) is 10.1 Å². The Labute approximate surface area is 112 Å². The van der Waals surface area contributed by atoms with Crippen LogP contribution in [0.25, 0.3) is 0 Å². The Morgan fingerprint density at radius 2 is 1.83 bits per heavy atom. The molecule has 12 heteroatoms. The first-order valence-corrected chi connectivity index (χ1v) is 7.28. The van der Waals surface area contributed by atoms with Crippen molar-refractivity contribution in [2.45, 2.75) is 18.4 Å². The van der Waals surface area contributed by atoms with E-state index in [9.17, 15) is 29.6 Å². The van der Waals surface area contributed by atoms with Crippen LogP contribution in [0.1, 0.15) is 12.8 Å². The van der Waals surface area contributed by atoms with E-state index in [1.807, 2.05) is 0 Å². The van der Waals surface area contributed by atoms with Gasteiger partial charge in [-0.1, -0.05) is 0 Å². The molecule has 18 heavy (non-hydrogen) atoms. The predicted octanol–water partition coefficient (Wildman–Crippen LogP) is -2.05. The third-order valence-electron chi connectivity index (χ3n) is 1.55. The zero-order valence-electron chi connectivity index (χ0n) is 8.56. The Kier molecular flexibility index (Phi) is 6.45. The van der Waals surface area contributed by atoms with Gasteiger partial charge in [-0.05, 0) is 0 Å². The van der Waals surface area contributed by atoms with Gasteiger partial charge in [0.2, 0.25) is 0 Å². The van der Waals surface area contributed by atoms with Crippen LogP contribution in [-0.4, -0.2) is 69.1 Å². The van der Waals surface area contributed by atoms with Crippen LogP contribution in [0, 0.1) is 10.1 Å². The molecule has 0 aliphatic rings. The van der Waals surface area contributed by atoms with Crippen LogP contribution < -0.4 is 0 Å². The summed E-state index contributed by atoms with van der Waals surface area (Å²) in [5.41, 5.74) is -2.82. The van der Waals surface area contributed by atoms with Gasteiger partial charge in [0.1, 0.15) is 0 Å². The minimum absolute atomic E-state index is 1.14. The Morgan fingerprint density at radius 1 is 1.28 bits per heavy atom. The van der Waals surface area contributed by atoms with Gasteiger partial charge in [0.15, 0.2) is 0 Å². The molecule has 11 nitrogen and oxygen atoms in total. The van der Waals surface area contributed by atoms with Gasteiger partial charge in [-0.2, -0.15) is 0 Å². The molecule has 0 aromatic carbocycles. The summed E-state index contributed by atoms with van der Waals surface area (Å²) in [5, 5.41) is 35.0. The molecule has 2 radical (unpaired) electrons. The number of carbonyl (C=O) groups is 3. The van der Waals surface area contributed by atoms with Gasteiger partial charge in [0, 0.05) is 0 Å². The average Bonchev–Trinajstić information content (AvgIpc) is 2.14. The molecule has 1 unspecified atom stereocenters. The topological polar surface area (TPSA) is 174 Å². The third kappa shape index (κ3) is 6.28. The van der Waals surface area contributed by atoms with Crippen LogP contribution in [0.5, 0.6) is 0 Å². The molecule has 100 valence electrons. The van der Waals surface area contributed by atoms with Gasteiger partial charge in [0.05, 0.1) is 0 Å². The molecule has 0 saturated heterocycles. The number of aliphatic carboxylic acids is 2. The second kappa shape index (κ2) is 7.04. The molecule has 0 amide bonds. The van der Waals surface area contributed by atoms with Crippen LogP contribution in [0.3, 0.4) is 0 Å². The summed E-state index contributed by atoms with van der Waals surface area (Å²) in [6.07, 6.45) is -2.34. The molecule has 3 N–H and O–H groups in total. The summed E-state index contributed by atoms with van der Waals surface area (Å²) in [6, 6.07) is 0. The Morgan fingerprint density at radius 3 is 2.22 bits per heavy atom. The van der Waals surface area contributed by atoms with Crippen LogP contribution in [-0.2, 0) is 19.9 Å². The van der Waals surface area contributed by atoms with Crippen LogP contribution in [0.4, 0.5) is 0 Å². The Balaban J connectivity index is 4.41. The maximum absolute atomic E-state index is 11.0. The molecule has 0 saturated carbocycles. The SMILES string of the molecule is O=C(O)CC(O)(CC(=O)[O][Pb][O][N+](=O)[O-])C(=O)O. The molecule has 0 aliphatic carbocycles. The first-order valence-electron chi connectivity index (χ1n) is 4.11. The van der Waals surface area contributed by atoms with Crippen molar-refractivity contribution in [1.29, 1.82) is 0 Å². The minimum atomic E-state index is -2.82. The van der Waals surface area contributed by atoms with Gasteiger partial charge in [-0.25, -0.2) is 0 Å². The summed E-state index contributed by atoms with van der Waals surface area (Å²) in [7, 11) is 0. The fourth-order valence-electron chi connectivity index (χ4n) is 0.834. The van der Waals surface area contributed by atoms with Gasteiger partial charge < -0.3 is 0 Å². The number of carboxylic acid groups (broad SMARTS) is 2. The summed E-state index contributed by atoms with van der Waals surface area (Å²) >= 11 is -2.79. The van der Waals surface area contributed by atoms with E-state index >= 15 is 0 Å². The van der Waals surface area contributed by atoms with Crippen LogP contribution in [0.15, 0.2) is 0 Å². The van der Waals surface area contributed by atoms with Crippen LogP contribution >= 0.6 is 0 Å². The zero-order valence-corrected chi connectivity index (χ0v) is 12.4. The fourth-order valence-corrected chi connectivity index (χ4v) is 1.86. The maximum atomic E-state index is 11.0. The number of carboxylic acids is 2. The average molecular weight is 460 g/mol. The second-order valence-electron chi connectivity index (χ2n) is 2.96. The second-order valence-corrected chi connectivity index (χ2v) is 5.11. The Bertz CT molecular complexity index is 369. The van der Waals surface area contributed by atoms with E-state index in [0.29, 0.717) is 0 Å². The summed E-state index contributed by atoms with van der Waals surface area (Å²) in [6.45, 7) is 0. The molecule has 0 aromatic heterocycles. The number of nitrogens with zero attached hydrogens (tertiary/aromatic N) is 1. The van der Waals surface area contributed by atoms with Crippen molar-refractivity contribution < 1.29 is 40.3 Å². The molecular formula is C6H7NO10Pb. The molecule has 0 spiro atoms. The first-order chi connectivity index (χ1) is 8.17. The Hall–Kier alpha value is -1.51. The molecular weight excluding hydrogens is 453 g/mol. The molecule has 0 aliphatic heterocycles. The van der Waals surface area contributed by atoms with E-state index < -0.39 is 66.6 Å². The fraction of sp³-hybridized carbons (Fsp3) is 0.500. The van der Waals surface area contributed by atoms with E-state index in [0.717, 1.165) is 0 Å². The first kappa shape index (κ1) is 16.5. The van der Waals surface area contributed by atoms with E-state index in [-0.39, 0.29) is 0 Å². The van der Waals surface area contributed by atoms with Gasteiger partial charge in [-0.3, -0.25) is 0 Å². The van der Waals surface area contributed by atoms with Gasteiger partial charge in [0.25, 0.3) is 0 Å². The van der Waals surface area contributed by atoms with Crippen molar-refractivity contribution >= 4 is 43.0 Å².